The molecule has 0 spiro atoms. The standard InChI is InChI=1S/C12H24N2O/c1-5-10-6-11(8-14(4)7-10)13-12(15)9(2)3/h9-11H,5-8H2,1-4H3,(H,13,15). The summed E-state index contributed by atoms with van der Waals surface area (Å²) in [5, 5.41) is 3.13. The summed E-state index contributed by atoms with van der Waals surface area (Å²) in [6.45, 7) is 8.28. The molecule has 1 rings (SSSR count). The number of carbonyl (C=O) groups is 1. The lowest BCUT2D eigenvalue weighted by Gasteiger charge is -2.35. The van der Waals surface area contributed by atoms with Crippen LogP contribution in [0.25, 0.3) is 0 Å². The Morgan fingerprint density at radius 2 is 2.13 bits per heavy atom. The van der Waals surface area contributed by atoms with Crippen LogP contribution in [0.1, 0.15) is 33.6 Å². The molecular formula is C12H24N2O. The number of rotatable bonds is 3. The van der Waals surface area contributed by atoms with Crippen LogP contribution in [-0.2, 0) is 4.79 Å². The number of hydrogen-bond donors (Lipinski definition) is 1. The zero-order chi connectivity index (χ0) is 11.4. The molecule has 0 bridgehead atoms. The predicted octanol–water partition coefficient (Wildman–Crippen LogP) is 1.49. The SMILES string of the molecule is CCC1CC(NC(=O)C(C)C)CN(C)C1. The molecule has 0 aromatic heterocycles. The fraction of sp³-hybridized carbons (Fsp3) is 0.917. The van der Waals surface area contributed by atoms with Crippen molar-refractivity contribution in [3.8, 4) is 0 Å². The second kappa shape index (κ2) is 5.50. The maximum Gasteiger partial charge on any atom is 0.222 e. The number of nitrogens with one attached hydrogen (secondary N) is 1. The third-order valence-corrected chi connectivity index (χ3v) is 3.17. The second-order valence-electron chi connectivity index (χ2n) is 5.09. The van der Waals surface area contributed by atoms with Gasteiger partial charge >= 0.3 is 0 Å². The highest BCUT2D eigenvalue weighted by atomic mass is 16.1. The second-order valence-corrected chi connectivity index (χ2v) is 5.09. The van der Waals surface area contributed by atoms with Crippen LogP contribution in [0.3, 0.4) is 0 Å². The minimum absolute atomic E-state index is 0.0947. The van der Waals surface area contributed by atoms with Gasteiger partial charge in [-0.15, -0.1) is 0 Å². The summed E-state index contributed by atoms with van der Waals surface area (Å²) in [5.74, 6) is 1.02. The summed E-state index contributed by atoms with van der Waals surface area (Å²) >= 11 is 0. The number of piperidine rings is 1. The Hall–Kier alpha value is -0.570. The fourth-order valence-corrected chi connectivity index (χ4v) is 2.21. The van der Waals surface area contributed by atoms with Gasteiger partial charge < -0.3 is 10.2 Å². The molecule has 3 heteroatoms. The lowest BCUT2D eigenvalue weighted by molar-refractivity contribution is -0.125. The van der Waals surface area contributed by atoms with E-state index in [0.717, 1.165) is 18.9 Å². The molecule has 0 radical (unpaired) electrons. The first kappa shape index (κ1) is 12.5. The van der Waals surface area contributed by atoms with Crippen molar-refractivity contribution in [3.63, 3.8) is 0 Å². The smallest absolute Gasteiger partial charge is 0.222 e. The average Bonchev–Trinajstić information content (AvgIpc) is 2.16. The molecule has 0 aromatic carbocycles. The zero-order valence-corrected chi connectivity index (χ0v) is 10.4. The van der Waals surface area contributed by atoms with E-state index >= 15 is 0 Å². The fourth-order valence-electron chi connectivity index (χ4n) is 2.21. The van der Waals surface area contributed by atoms with E-state index in [-0.39, 0.29) is 11.8 Å². The Morgan fingerprint density at radius 3 is 2.67 bits per heavy atom. The third-order valence-electron chi connectivity index (χ3n) is 3.17. The number of carbonyl (C=O) groups excluding carboxylic acids is 1. The third kappa shape index (κ3) is 3.82. The molecule has 3 nitrogen and oxygen atoms in total. The molecule has 1 heterocycles. The van der Waals surface area contributed by atoms with Crippen molar-refractivity contribution in [1.29, 1.82) is 0 Å². The lowest BCUT2D eigenvalue weighted by atomic mass is 9.92. The molecular weight excluding hydrogens is 188 g/mol. The molecule has 2 unspecified atom stereocenters. The molecule has 1 N–H and O–H groups in total. The summed E-state index contributed by atoms with van der Waals surface area (Å²) in [5.41, 5.74) is 0. The zero-order valence-electron chi connectivity index (χ0n) is 10.4. The van der Waals surface area contributed by atoms with E-state index in [1.807, 2.05) is 13.8 Å². The predicted molar refractivity (Wildman–Crippen MR) is 62.7 cm³/mol. The van der Waals surface area contributed by atoms with E-state index in [2.05, 4.69) is 24.2 Å². The van der Waals surface area contributed by atoms with Crippen molar-refractivity contribution in [2.75, 3.05) is 20.1 Å². The maximum atomic E-state index is 11.6. The van der Waals surface area contributed by atoms with Gasteiger partial charge in [0, 0.05) is 25.0 Å². The number of likely N-dealkylation sites (N-methyl/N-ethyl adjacent to an activating group) is 1. The molecule has 1 fully saturated rings. The first-order valence-corrected chi connectivity index (χ1v) is 6.01. The van der Waals surface area contributed by atoms with Crippen molar-refractivity contribution >= 4 is 5.91 Å². The molecule has 0 aromatic rings. The van der Waals surface area contributed by atoms with Gasteiger partial charge in [-0.3, -0.25) is 4.79 Å². The Balaban J connectivity index is 2.44. The average molecular weight is 212 g/mol. The number of likely N-dealkylation sites (tertiary alicyclic amines) is 1. The van der Waals surface area contributed by atoms with Gasteiger partial charge in [0.2, 0.25) is 5.91 Å². The van der Waals surface area contributed by atoms with Gasteiger partial charge in [-0.1, -0.05) is 27.2 Å². The molecule has 1 saturated heterocycles. The molecule has 2 atom stereocenters. The van der Waals surface area contributed by atoms with E-state index in [1.54, 1.807) is 0 Å². The maximum absolute atomic E-state index is 11.6. The normalized spacial score (nSPS) is 28.1. The topological polar surface area (TPSA) is 32.3 Å². The van der Waals surface area contributed by atoms with Crippen molar-refractivity contribution < 1.29 is 4.79 Å². The Bertz CT molecular complexity index is 216. The van der Waals surface area contributed by atoms with Crippen molar-refractivity contribution in [3.05, 3.63) is 0 Å². The van der Waals surface area contributed by atoms with Crippen LogP contribution in [0, 0.1) is 11.8 Å². The first-order valence-electron chi connectivity index (χ1n) is 6.01. The molecule has 15 heavy (non-hydrogen) atoms. The monoisotopic (exact) mass is 212 g/mol. The van der Waals surface area contributed by atoms with Gasteiger partial charge in [0.15, 0.2) is 0 Å². The summed E-state index contributed by atoms with van der Waals surface area (Å²) in [6, 6.07) is 0.351. The van der Waals surface area contributed by atoms with Crippen molar-refractivity contribution in [2.24, 2.45) is 11.8 Å². The van der Waals surface area contributed by atoms with E-state index < -0.39 is 0 Å². The van der Waals surface area contributed by atoms with E-state index in [9.17, 15) is 4.79 Å². The quantitative estimate of drug-likeness (QED) is 0.768. The summed E-state index contributed by atoms with van der Waals surface area (Å²) in [4.78, 5) is 13.9. The largest absolute Gasteiger partial charge is 0.352 e. The Morgan fingerprint density at radius 1 is 1.47 bits per heavy atom. The molecule has 1 aliphatic heterocycles. The van der Waals surface area contributed by atoms with Crippen LogP contribution in [0.2, 0.25) is 0 Å². The van der Waals surface area contributed by atoms with E-state index in [0.29, 0.717) is 6.04 Å². The van der Waals surface area contributed by atoms with Gasteiger partial charge in [-0.05, 0) is 19.4 Å². The van der Waals surface area contributed by atoms with Gasteiger partial charge in [0.05, 0.1) is 0 Å². The summed E-state index contributed by atoms with van der Waals surface area (Å²) in [7, 11) is 2.14. The van der Waals surface area contributed by atoms with Crippen LogP contribution >= 0.6 is 0 Å². The lowest BCUT2D eigenvalue weighted by Crippen LogP contribution is -2.50. The highest BCUT2D eigenvalue weighted by Gasteiger charge is 2.25. The van der Waals surface area contributed by atoms with Crippen LogP contribution in [0.15, 0.2) is 0 Å². The molecule has 0 saturated carbocycles. The minimum Gasteiger partial charge on any atom is -0.352 e. The molecule has 0 aliphatic carbocycles. The summed E-state index contributed by atoms with van der Waals surface area (Å²) < 4.78 is 0. The van der Waals surface area contributed by atoms with Gasteiger partial charge in [-0.25, -0.2) is 0 Å². The van der Waals surface area contributed by atoms with Crippen molar-refractivity contribution in [2.45, 2.75) is 39.7 Å². The molecule has 88 valence electrons. The summed E-state index contributed by atoms with van der Waals surface area (Å²) in [6.07, 6.45) is 2.34. The number of nitrogens with zero attached hydrogens (tertiary/aromatic N) is 1. The minimum atomic E-state index is 0.0947. The first-order chi connectivity index (χ1) is 7.02. The Kier molecular flexibility index (Phi) is 4.58. The van der Waals surface area contributed by atoms with Gasteiger partial charge in [-0.2, -0.15) is 0 Å². The molecule has 1 amide bonds. The highest BCUT2D eigenvalue weighted by molar-refractivity contribution is 5.78. The number of amides is 1. The van der Waals surface area contributed by atoms with E-state index in [4.69, 9.17) is 0 Å². The van der Waals surface area contributed by atoms with Crippen LogP contribution < -0.4 is 5.32 Å². The van der Waals surface area contributed by atoms with Gasteiger partial charge in [0.1, 0.15) is 0 Å². The molecule has 1 aliphatic rings. The highest BCUT2D eigenvalue weighted by Crippen LogP contribution is 2.18. The van der Waals surface area contributed by atoms with Crippen LogP contribution in [-0.4, -0.2) is 37.0 Å². The van der Waals surface area contributed by atoms with Crippen LogP contribution in [0.5, 0.6) is 0 Å². The number of hydrogen-bond acceptors (Lipinski definition) is 2. The Labute approximate surface area is 93.2 Å². The van der Waals surface area contributed by atoms with Crippen LogP contribution in [0.4, 0.5) is 0 Å². The van der Waals surface area contributed by atoms with E-state index in [1.165, 1.54) is 13.0 Å². The van der Waals surface area contributed by atoms with Crippen molar-refractivity contribution in [1.82, 2.24) is 10.2 Å². The van der Waals surface area contributed by atoms with Gasteiger partial charge in [0.25, 0.3) is 0 Å².